The standard InChI is InChI=1S/C12H16NO3S2.C9H10N2O3.Y/c1-15-7-9-17-18-10-8-16-12(14)13-11-5-3-2-4-6-11;1-6(12)11-7-2-4-8(5-3-7)14-9(10)13;/h3-6H,7-10H2,1H3,(H,13,14);2-5H,1H3,(H3,10,11,12,13);/q-1;;/p-1. The summed E-state index contributed by atoms with van der Waals surface area (Å²) in [6, 6.07) is 16.0. The van der Waals surface area contributed by atoms with Crippen LogP contribution in [-0.4, -0.2) is 49.9 Å². The van der Waals surface area contributed by atoms with Crippen molar-refractivity contribution in [1.82, 2.24) is 0 Å². The average molecular weight is 568 g/mol. The van der Waals surface area contributed by atoms with Crippen molar-refractivity contribution in [2.45, 2.75) is 6.92 Å². The van der Waals surface area contributed by atoms with Crippen LogP contribution in [0.1, 0.15) is 6.92 Å². The molecule has 0 saturated heterocycles. The van der Waals surface area contributed by atoms with E-state index in [9.17, 15) is 14.4 Å². The fraction of sp³-hybridized carbons (Fsp3) is 0.286. The van der Waals surface area contributed by atoms with Crippen LogP contribution in [0.5, 0.6) is 5.75 Å². The van der Waals surface area contributed by atoms with Gasteiger partial charge in [-0.1, -0.05) is 27.3 Å². The van der Waals surface area contributed by atoms with Gasteiger partial charge in [0.25, 0.3) is 0 Å². The molecule has 9 nitrogen and oxygen atoms in total. The third kappa shape index (κ3) is 17.4. The van der Waals surface area contributed by atoms with Gasteiger partial charge in [-0.2, -0.15) is 18.2 Å². The summed E-state index contributed by atoms with van der Waals surface area (Å²) < 4.78 is 14.4. The number of nitrogens with one attached hydrogen (secondary N) is 3. The minimum Gasteiger partial charge on any atom is -0.631 e. The molecular formula is C21H25N3O6S2Y-2. The van der Waals surface area contributed by atoms with Gasteiger partial charge in [0.2, 0.25) is 12.0 Å². The molecule has 0 saturated carbocycles. The predicted octanol–water partition coefficient (Wildman–Crippen LogP) is 5.26. The zero-order valence-corrected chi connectivity index (χ0v) is 22.8. The maximum Gasteiger partial charge on any atom is 0.409 e. The largest absolute Gasteiger partial charge is 0.631 e. The molecular weight excluding hydrogens is 543 g/mol. The van der Waals surface area contributed by atoms with Gasteiger partial charge in [-0.15, -0.1) is 12.1 Å². The molecule has 33 heavy (non-hydrogen) atoms. The van der Waals surface area contributed by atoms with E-state index in [1.807, 2.05) is 0 Å². The zero-order chi connectivity index (χ0) is 23.6. The summed E-state index contributed by atoms with van der Waals surface area (Å²) in [5.41, 5.74) is 7.87. The van der Waals surface area contributed by atoms with Crippen molar-refractivity contribution < 1.29 is 61.3 Å². The third-order valence-corrected chi connectivity index (χ3v) is 5.54. The molecule has 0 unspecified atom stereocenters. The Labute approximate surface area is 226 Å². The summed E-state index contributed by atoms with van der Waals surface area (Å²) in [5, 5.41) is 5.19. The number of carbonyl (C=O) groups excluding carboxylic acids is 3. The van der Waals surface area contributed by atoms with Crippen LogP contribution in [0.4, 0.5) is 21.0 Å². The van der Waals surface area contributed by atoms with E-state index in [4.69, 9.17) is 15.2 Å². The van der Waals surface area contributed by atoms with E-state index < -0.39 is 12.2 Å². The van der Waals surface area contributed by atoms with Crippen LogP contribution in [0.15, 0.2) is 48.5 Å². The van der Waals surface area contributed by atoms with E-state index >= 15 is 0 Å². The van der Waals surface area contributed by atoms with E-state index in [1.165, 1.54) is 19.1 Å². The Bertz CT molecular complexity index is 794. The van der Waals surface area contributed by atoms with Crippen molar-refractivity contribution in [3.8, 4) is 5.75 Å². The second-order valence-electron chi connectivity index (χ2n) is 5.78. The molecule has 0 aliphatic rings. The summed E-state index contributed by atoms with van der Waals surface area (Å²) in [7, 11) is 5.06. The van der Waals surface area contributed by atoms with E-state index in [0.29, 0.717) is 18.0 Å². The fourth-order valence-corrected chi connectivity index (χ4v) is 3.68. The number of ether oxygens (including phenoxy) is 3. The summed E-state index contributed by atoms with van der Waals surface area (Å²) in [4.78, 5) is 32.3. The van der Waals surface area contributed by atoms with Crippen LogP contribution < -0.4 is 15.4 Å². The monoisotopic (exact) mass is 568 g/mol. The molecule has 0 aliphatic heterocycles. The van der Waals surface area contributed by atoms with Crippen LogP contribution in [0.2, 0.25) is 0 Å². The van der Waals surface area contributed by atoms with Crippen LogP contribution in [0.3, 0.4) is 0 Å². The van der Waals surface area contributed by atoms with Crippen molar-refractivity contribution in [3.05, 3.63) is 60.3 Å². The minimum atomic E-state index is -1.11. The molecule has 0 aliphatic carbocycles. The Morgan fingerprint density at radius 3 is 2.06 bits per heavy atom. The summed E-state index contributed by atoms with van der Waals surface area (Å²) in [6.07, 6.45) is -1.54. The van der Waals surface area contributed by atoms with Gasteiger partial charge in [-0.05, 0) is 24.3 Å². The first-order valence-corrected chi connectivity index (χ1v) is 11.8. The quantitative estimate of drug-likeness (QED) is 0.226. The average Bonchev–Trinajstić information content (AvgIpc) is 2.75. The zero-order valence-electron chi connectivity index (χ0n) is 18.3. The number of amides is 3. The van der Waals surface area contributed by atoms with E-state index in [2.05, 4.69) is 21.4 Å². The Morgan fingerprint density at radius 2 is 1.52 bits per heavy atom. The first-order valence-electron chi connectivity index (χ1n) is 9.35. The molecule has 0 aromatic heterocycles. The first-order chi connectivity index (χ1) is 15.4. The number of carbonyl (C=O) groups is 3. The van der Waals surface area contributed by atoms with Crippen molar-refractivity contribution in [2.75, 3.05) is 42.5 Å². The number of rotatable bonds is 10. The molecule has 0 atom stereocenters. The van der Waals surface area contributed by atoms with Crippen molar-refractivity contribution in [1.29, 1.82) is 0 Å². The van der Waals surface area contributed by atoms with E-state index in [-0.39, 0.29) is 44.4 Å². The number of hydrogen-bond acceptors (Lipinski definition) is 8. The van der Waals surface area contributed by atoms with Gasteiger partial charge in [0.1, 0.15) is 12.4 Å². The summed E-state index contributed by atoms with van der Waals surface area (Å²) in [6.45, 7) is 2.54. The van der Waals surface area contributed by atoms with Crippen LogP contribution in [-0.2, 0) is 47.0 Å². The number of hydrogen-bond donors (Lipinski definition) is 2. The van der Waals surface area contributed by atoms with Crippen molar-refractivity contribution >= 4 is 51.1 Å². The smallest absolute Gasteiger partial charge is 0.409 e. The SMILES string of the molecule is CC(=O)Nc1ccc(OC([NH-])=O)cc1.COCCSSCCOC(=O)Nc1cc[c-]cc1.[Y]. The third-order valence-electron chi connectivity index (χ3n) is 3.20. The molecule has 1 radical (unpaired) electrons. The van der Waals surface area contributed by atoms with Crippen LogP contribution in [0.25, 0.3) is 5.73 Å². The minimum absolute atomic E-state index is 0. The molecule has 177 valence electrons. The van der Waals surface area contributed by atoms with Crippen LogP contribution >= 0.6 is 21.6 Å². The molecule has 0 fully saturated rings. The number of anilines is 2. The van der Waals surface area contributed by atoms with Gasteiger partial charge in [0.15, 0.2) is 0 Å². The van der Waals surface area contributed by atoms with E-state index in [0.717, 1.165) is 18.1 Å². The van der Waals surface area contributed by atoms with Gasteiger partial charge in [-0.25, -0.2) is 4.79 Å². The summed E-state index contributed by atoms with van der Waals surface area (Å²) in [5.74, 6) is 1.81. The second-order valence-corrected chi connectivity index (χ2v) is 8.48. The molecule has 2 rings (SSSR count). The van der Waals surface area contributed by atoms with Gasteiger partial charge in [0, 0.05) is 63.9 Å². The Kier molecular flexibility index (Phi) is 18.6. The molecule has 3 N–H and O–H groups in total. The second kappa shape index (κ2) is 19.7. The van der Waals surface area contributed by atoms with Crippen molar-refractivity contribution in [3.63, 3.8) is 0 Å². The van der Waals surface area contributed by atoms with E-state index in [1.54, 1.807) is 65.1 Å². The molecule has 0 spiro atoms. The normalized spacial score (nSPS) is 9.39. The molecule has 0 bridgehead atoms. The Balaban J connectivity index is 0.000000620. The molecule has 0 heterocycles. The maximum absolute atomic E-state index is 11.4. The topological polar surface area (TPSA) is 127 Å². The molecule has 12 heteroatoms. The fourth-order valence-electron chi connectivity index (χ4n) is 1.94. The summed E-state index contributed by atoms with van der Waals surface area (Å²) >= 11 is 0. The number of methoxy groups -OCH3 is 1. The van der Waals surface area contributed by atoms with Gasteiger partial charge in [0.05, 0.1) is 6.61 Å². The van der Waals surface area contributed by atoms with Gasteiger partial charge >= 0.3 is 6.09 Å². The maximum atomic E-state index is 11.4. The van der Waals surface area contributed by atoms with Gasteiger partial charge < -0.3 is 30.6 Å². The predicted molar refractivity (Wildman–Crippen MR) is 128 cm³/mol. The Morgan fingerprint density at radius 1 is 0.939 bits per heavy atom. The molecule has 3 amide bonds. The first kappa shape index (κ1) is 31.2. The molecule has 2 aromatic carbocycles. The number of benzene rings is 2. The Hall–Kier alpha value is -1.79. The van der Waals surface area contributed by atoms with Crippen molar-refractivity contribution in [2.24, 2.45) is 0 Å². The van der Waals surface area contributed by atoms with Crippen LogP contribution in [0, 0.1) is 6.07 Å². The van der Waals surface area contributed by atoms with Gasteiger partial charge in [-0.3, -0.25) is 9.59 Å². The molecule has 2 aromatic rings.